The zero-order chi connectivity index (χ0) is 19.6. The van der Waals surface area contributed by atoms with Crippen LogP contribution in [0.25, 0.3) is 0 Å². The Morgan fingerprint density at radius 2 is 1.81 bits per heavy atom. The van der Waals surface area contributed by atoms with Gasteiger partial charge < -0.3 is 14.6 Å². The molecule has 1 rings (SSSR count). The number of terminal acetylenes is 1. The predicted octanol–water partition coefficient (Wildman–Crippen LogP) is 3.19. The van der Waals surface area contributed by atoms with E-state index in [0.29, 0.717) is 12.8 Å². The number of allylic oxidation sites excluding steroid dienone is 2. The topological polar surface area (TPSA) is 72.8 Å². The summed E-state index contributed by atoms with van der Waals surface area (Å²) in [5, 5.41) is 10.2. The summed E-state index contributed by atoms with van der Waals surface area (Å²) in [6.45, 7) is 1.88. The summed E-state index contributed by atoms with van der Waals surface area (Å²) < 4.78 is 9.55. The maximum Gasteiger partial charge on any atom is 0.324 e. The molecule has 1 aromatic rings. The third kappa shape index (κ3) is 5.47. The van der Waals surface area contributed by atoms with Gasteiger partial charge in [-0.25, -0.2) is 0 Å². The number of ether oxygens (including phenoxy) is 2. The molecule has 140 valence electrons. The van der Waals surface area contributed by atoms with Gasteiger partial charge in [-0.2, -0.15) is 0 Å². The van der Waals surface area contributed by atoms with E-state index in [2.05, 4.69) is 5.92 Å². The van der Waals surface area contributed by atoms with Crippen LogP contribution in [0.5, 0.6) is 0 Å². The largest absolute Gasteiger partial charge is 0.468 e. The fraction of sp³-hybridized carbons (Fsp3) is 0.429. The van der Waals surface area contributed by atoms with Crippen LogP contribution in [0.4, 0.5) is 0 Å². The molecular formula is C21H26O5. The van der Waals surface area contributed by atoms with Crippen LogP contribution in [0.2, 0.25) is 0 Å². The van der Waals surface area contributed by atoms with Gasteiger partial charge in [-0.15, -0.1) is 12.3 Å². The molecule has 1 unspecified atom stereocenters. The van der Waals surface area contributed by atoms with Gasteiger partial charge in [0.15, 0.2) is 5.41 Å². The summed E-state index contributed by atoms with van der Waals surface area (Å²) in [4.78, 5) is 24.4. The number of methoxy groups -OCH3 is 2. The van der Waals surface area contributed by atoms with E-state index in [1.807, 2.05) is 37.3 Å². The van der Waals surface area contributed by atoms with Crippen molar-refractivity contribution >= 4 is 11.9 Å². The second kappa shape index (κ2) is 10.4. The Kier molecular flexibility index (Phi) is 8.60. The lowest BCUT2D eigenvalue weighted by molar-refractivity contribution is -0.168. The maximum absolute atomic E-state index is 12.2. The van der Waals surface area contributed by atoms with E-state index in [1.165, 1.54) is 14.2 Å². The van der Waals surface area contributed by atoms with Crippen LogP contribution in [0.3, 0.4) is 0 Å². The van der Waals surface area contributed by atoms with Crippen LogP contribution in [0.15, 0.2) is 42.0 Å². The van der Waals surface area contributed by atoms with Crippen molar-refractivity contribution in [2.45, 2.75) is 38.7 Å². The van der Waals surface area contributed by atoms with Gasteiger partial charge in [-0.1, -0.05) is 42.0 Å². The van der Waals surface area contributed by atoms with Crippen molar-refractivity contribution < 1.29 is 24.2 Å². The minimum absolute atomic E-state index is 0.0871. The van der Waals surface area contributed by atoms with Gasteiger partial charge in [0.05, 0.1) is 20.3 Å². The first-order chi connectivity index (χ1) is 12.4. The molecule has 0 bridgehead atoms. The quantitative estimate of drug-likeness (QED) is 0.318. The van der Waals surface area contributed by atoms with E-state index < -0.39 is 23.5 Å². The third-order valence-corrected chi connectivity index (χ3v) is 4.35. The van der Waals surface area contributed by atoms with Crippen molar-refractivity contribution in [1.82, 2.24) is 0 Å². The highest BCUT2D eigenvalue weighted by Crippen LogP contribution is 2.32. The smallest absolute Gasteiger partial charge is 0.324 e. The molecule has 1 aromatic carbocycles. The van der Waals surface area contributed by atoms with Gasteiger partial charge in [-0.3, -0.25) is 9.59 Å². The van der Waals surface area contributed by atoms with Crippen molar-refractivity contribution in [3.8, 4) is 12.3 Å². The molecule has 0 fully saturated rings. The van der Waals surface area contributed by atoms with Crippen molar-refractivity contribution in [1.29, 1.82) is 0 Å². The van der Waals surface area contributed by atoms with E-state index >= 15 is 0 Å². The van der Waals surface area contributed by atoms with Gasteiger partial charge in [0.1, 0.15) is 0 Å². The number of hydrogen-bond donors (Lipinski definition) is 1. The SMILES string of the molecule is C#CCC(C/C=C(\C)CCC(O)c1ccccc1)(C(=O)OC)C(=O)OC. The second-order valence-electron chi connectivity index (χ2n) is 6.17. The molecule has 0 saturated carbocycles. The summed E-state index contributed by atoms with van der Waals surface area (Å²) in [5.74, 6) is 0.939. The number of carbonyl (C=O) groups is 2. The highest BCUT2D eigenvalue weighted by Gasteiger charge is 2.47. The Hall–Kier alpha value is -2.58. The van der Waals surface area contributed by atoms with Crippen LogP contribution in [-0.2, 0) is 19.1 Å². The zero-order valence-electron chi connectivity index (χ0n) is 15.5. The molecule has 0 aliphatic rings. The standard InChI is InChI=1S/C21H26O5/c1-5-14-21(19(23)25-3,20(24)26-4)15-13-16(2)11-12-18(22)17-9-7-6-8-10-17/h1,6-10,13,18,22H,11-12,14-15H2,2-4H3/b16-13+. The van der Waals surface area contributed by atoms with Crippen LogP contribution in [0.1, 0.15) is 44.3 Å². The maximum atomic E-state index is 12.2. The second-order valence-corrected chi connectivity index (χ2v) is 6.17. The average molecular weight is 358 g/mol. The van der Waals surface area contributed by atoms with E-state index in [1.54, 1.807) is 6.08 Å². The molecule has 0 aromatic heterocycles. The van der Waals surface area contributed by atoms with E-state index in [0.717, 1.165) is 11.1 Å². The van der Waals surface area contributed by atoms with E-state index in [9.17, 15) is 14.7 Å². The summed E-state index contributed by atoms with van der Waals surface area (Å²) in [5.41, 5.74) is 0.248. The monoisotopic (exact) mass is 358 g/mol. The molecule has 0 aliphatic carbocycles. The number of carbonyl (C=O) groups excluding carboxylic acids is 2. The van der Waals surface area contributed by atoms with E-state index in [4.69, 9.17) is 15.9 Å². The first kappa shape index (κ1) is 21.5. The number of esters is 2. The summed E-state index contributed by atoms with van der Waals surface area (Å²) in [7, 11) is 2.42. The number of aliphatic hydroxyl groups is 1. The number of rotatable bonds is 9. The van der Waals surface area contributed by atoms with Gasteiger partial charge in [0.2, 0.25) is 0 Å². The molecule has 1 N–H and O–H groups in total. The van der Waals surface area contributed by atoms with Crippen molar-refractivity contribution in [3.05, 3.63) is 47.5 Å². The Morgan fingerprint density at radius 1 is 1.23 bits per heavy atom. The van der Waals surface area contributed by atoms with Gasteiger partial charge >= 0.3 is 11.9 Å². The van der Waals surface area contributed by atoms with Crippen molar-refractivity contribution in [2.75, 3.05) is 14.2 Å². The molecular weight excluding hydrogens is 332 g/mol. The van der Waals surface area contributed by atoms with Crippen LogP contribution >= 0.6 is 0 Å². The molecule has 0 aliphatic heterocycles. The van der Waals surface area contributed by atoms with Gasteiger partial charge in [0.25, 0.3) is 0 Å². The van der Waals surface area contributed by atoms with Gasteiger partial charge in [0, 0.05) is 6.42 Å². The Bertz CT molecular complexity index is 653. The first-order valence-electron chi connectivity index (χ1n) is 8.40. The lowest BCUT2D eigenvalue weighted by atomic mass is 9.80. The Morgan fingerprint density at radius 3 is 2.31 bits per heavy atom. The molecule has 5 nitrogen and oxygen atoms in total. The van der Waals surface area contributed by atoms with Crippen molar-refractivity contribution in [2.24, 2.45) is 5.41 Å². The molecule has 5 heteroatoms. The average Bonchev–Trinajstić information content (AvgIpc) is 2.68. The van der Waals surface area contributed by atoms with Crippen LogP contribution < -0.4 is 0 Å². The normalized spacial score (nSPS) is 12.8. The number of benzene rings is 1. The molecule has 0 radical (unpaired) electrons. The fourth-order valence-electron chi connectivity index (χ4n) is 2.69. The lowest BCUT2D eigenvalue weighted by Crippen LogP contribution is -2.40. The van der Waals surface area contributed by atoms with Crippen molar-refractivity contribution in [3.63, 3.8) is 0 Å². The predicted molar refractivity (Wildman–Crippen MR) is 98.9 cm³/mol. The van der Waals surface area contributed by atoms with Crippen LogP contribution in [0, 0.1) is 17.8 Å². The van der Waals surface area contributed by atoms with E-state index in [-0.39, 0.29) is 12.8 Å². The lowest BCUT2D eigenvalue weighted by Gasteiger charge is -2.25. The fourth-order valence-corrected chi connectivity index (χ4v) is 2.69. The molecule has 0 heterocycles. The van der Waals surface area contributed by atoms with Gasteiger partial charge in [-0.05, 0) is 31.7 Å². The minimum Gasteiger partial charge on any atom is -0.468 e. The molecule has 0 saturated heterocycles. The Labute approximate surface area is 155 Å². The highest BCUT2D eigenvalue weighted by atomic mass is 16.5. The molecule has 1 atom stereocenters. The summed E-state index contributed by atoms with van der Waals surface area (Å²) >= 11 is 0. The summed E-state index contributed by atoms with van der Waals surface area (Å²) in [6.07, 6.45) is 7.68. The minimum atomic E-state index is -1.54. The molecule has 0 spiro atoms. The van der Waals surface area contributed by atoms with Crippen LogP contribution in [-0.4, -0.2) is 31.3 Å². The zero-order valence-corrected chi connectivity index (χ0v) is 15.5. The number of hydrogen-bond acceptors (Lipinski definition) is 5. The third-order valence-electron chi connectivity index (χ3n) is 4.35. The highest BCUT2D eigenvalue weighted by molar-refractivity contribution is 6.00. The molecule has 0 amide bonds. The summed E-state index contributed by atoms with van der Waals surface area (Å²) in [6, 6.07) is 9.39. The Balaban J connectivity index is 2.83. The number of aliphatic hydroxyl groups excluding tert-OH is 1. The first-order valence-corrected chi connectivity index (χ1v) is 8.40. The molecule has 26 heavy (non-hydrogen) atoms.